The van der Waals surface area contributed by atoms with Gasteiger partial charge in [0.05, 0.1) is 0 Å². The third kappa shape index (κ3) is 2.28. The van der Waals surface area contributed by atoms with Gasteiger partial charge in [0.1, 0.15) is 0 Å². The van der Waals surface area contributed by atoms with Gasteiger partial charge in [-0.05, 0) is 24.7 Å². The van der Waals surface area contributed by atoms with E-state index in [2.05, 4.69) is 10.6 Å². The zero-order chi connectivity index (χ0) is 10.8. The van der Waals surface area contributed by atoms with Crippen molar-refractivity contribution >= 4 is 23.2 Å². The maximum atomic E-state index is 6.18. The van der Waals surface area contributed by atoms with Crippen LogP contribution in [0.15, 0.2) is 18.2 Å². The Labute approximate surface area is 100.0 Å². The molecule has 82 valence electrons. The largest absolute Gasteiger partial charge is 0.316 e. The highest BCUT2D eigenvalue weighted by Gasteiger charge is 2.28. The number of hydrogen-bond acceptors (Lipinski definition) is 2. The van der Waals surface area contributed by atoms with Crippen molar-refractivity contribution in [1.29, 1.82) is 0 Å². The second-order valence-electron chi connectivity index (χ2n) is 3.85. The zero-order valence-electron chi connectivity index (χ0n) is 8.56. The van der Waals surface area contributed by atoms with Crippen LogP contribution in [0.3, 0.4) is 0 Å². The summed E-state index contributed by atoms with van der Waals surface area (Å²) in [6, 6.07) is 6.01. The van der Waals surface area contributed by atoms with E-state index in [1.54, 1.807) is 6.07 Å². The predicted molar refractivity (Wildman–Crippen MR) is 64.6 cm³/mol. The van der Waals surface area contributed by atoms with Crippen molar-refractivity contribution in [2.75, 3.05) is 20.1 Å². The molecule has 1 aromatic rings. The standard InChI is InChI=1S/C11H14Cl2N2/c1-14-11(7-5-15-6-7)9-3-2-8(12)4-10(9)13/h2-4,7,11,14-15H,5-6H2,1H3. The van der Waals surface area contributed by atoms with E-state index in [1.807, 2.05) is 19.2 Å². The average Bonchev–Trinajstić information content (AvgIpc) is 2.12. The smallest absolute Gasteiger partial charge is 0.0468 e. The predicted octanol–water partition coefficient (Wildman–Crippen LogP) is 2.47. The molecule has 2 rings (SSSR count). The van der Waals surface area contributed by atoms with E-state index in [0.29, 0.717) is 17.0 Å². The highest BCUT2D eigenvalue weighted by molar-refractivity contribution is 6.35. The van der Waals surface area contributed by atoms with E-state index in [-0.39, 0.29) is 0 Å². The first kappa shape index (κ1) is 11.2. The SMILES string of the molecule is CNC(c1ccc(Cl)cc1Cl)C1CNC1. The minimum absolute atomic E-state index is 0.316. The molecule has 1 aromatic carbocycles. The highest BCUT2D eigenvalue weighted by Crippen LogP contribution is 2.31. The fourth-order valence-electron chi connectivity index (χ4n) is 1.95. The lowest BCUT2D eigenvalue weighted by molar-refractivity contribution is 0.268. The molecule has 1 saturated heterocycles. The van der Waals surface area contributed by atoms with Crippen LogP contribution in [0.2, 0.25) is 10.0 Å². The molecule has 0 amide bonds. The number of hydrogen-bond donors (Lipinski definition) is 2. The molecular weight excluding hydrogens is 231 g/mol. The maximum Gasteiger partial charge on any atom is 0.0468 e. The maximum absolute atomic E-state index is 6.18. The number of benzene rings is 1. The minimum Gasteiger partial charge on any atom is -0.316 e. The summed E-state index contributed by atoms with van der Waals surface area (Å²) in [5.74, 6) is 0.619. The number of nitrogens with one attached hydrogen (secondary N) is 2. The molecule has 1 aliphatic heterocycles. The molecule has 4 heteroatoms. The highest BCUT2D eigenvalue weighted by atomic mass is 35.5. The van der Waals surface area contributed by atoms with Crippen LogP contribution >= 0.6 is 23.2 Å². The fourth-order valence-corrected chi connectivity index (χ4v) is 2.47. The summed E-state index contributed by atoms with van der Waals surface area (Å²) >= 11 is 12.1. The first-order chi connectivity index (χ1) is 7.22. The van der Waals surface area contributed by atoms with E-state index < -0.39 is 0 Å². The molecule has 1 atom stereocenters. The van der Waals surface area contributed by atoms with Gasteiger partial charge in [-0.25, -0.2) is 0 Å². The fraction of sp³-hybridized carbons (Fsp3) is 0.455. The Hall–Kier alpha value is -0.280. The van der Waals surface area contributed by atoms with Gasteiger partial charge in [0, 0.05) is 35.1 Å². The Morgan fingerprint density at radius 1 is 1.40 bits per heavy atom. The normalized spacial score (nSPS) is 18.6. The van der Waals surface area contributed by atoms with E-state index in [0.717, 1.165) is 23.7 Å². The van der Waals surface area contributed by atoms with Crippen molar-refractivity contribution in [3.8, 4) is 0 Å². The summed E-state index contributed by atoms with van der Waals surface area (Å²) in [7, 11) is 1.97. The van der Waals surface area contributed by atoms with Crippen LogP contribution in [-0.2, 0) is 0 Å². The lowest BCUT2D eigenvalue weighted by atomic mass is 9.88. The van der Waals surface area contributed by atoms with Crippen LogP contribution in [0, 0.1) is 5.92 Å². The molecule has 1 aliphatic rings. The molecule has 1 fully saturated rings. The van der Waals surface area contributed by atoms with Gasteiger partial charge in [0.25, 0.3) is 0 Å². The third-order valence-electron chi connectivity index (χ3n) is 2.89. The van der Waals surface area contributed by atoms with Gasteiger partial charge in [-0.1, -0.05) is 29.3 Å². The summed E-state index contributed by atoms with van der Waals surface area (Å²) in [5.41, 5.74) is 1.13. The van der Waals surface area contributed by atoms with Gasteiger partial charge in [-0.3, -0.25) is 0 Å². The monoisotopic (exact) mass is 244 g/mol. The van der Waals surface area contributed by atoms with E-state index in [1.165, 1.54) is 0 Å². The van der Waals surface area contributed by atoms with Crippen molar-refractivity contribution in [2.24, 2.45) is 5.92 Å². The number of rotatable bonds is 3. The van der Waals surface area contributed by atoms with Gasteiger partial charge in [0.2, 0.25) is 0 Å². The van der Waals surface area contributed by atoms with Gasteiger partial charge in [-0.15, -0.1) is 0 Å². The minimum atomic E-state index is 0.316. The molecule has 0 aliphatic carbocycles. The molecule has 0 saturated carbocycles. The van der Waals surface area contributed by atoms with Gasteiger partial charge in [-0.2, -0.15) is 0 Å². The van der Waals surface area contributed by atoms with Crippen LogP contribution in [-0.4, -0.2) is 20.1 Å². The quantitative estimate of drug-likeness (QED) is 0.854. The Balaban J connectivity index is 2.25. The van der Waals surface area contributed by atoms with Crippen LogP contribution in [0.1, 0.15) is 11.6 Å². The number of halogens is 2. The summed E-state index contributed by atoms with van der Waals surface area (Å²) in [6.07, 6.45) is 0. The second kappa shape index (κ2) is 4.71. The molecule has 1 heterocycles. The molecule has 2 N–H and O–H groups in total. The molecule has 2 nitrogen and oxygen atoms in total. The third-order valence-corrected chi connectivity index (χ3v) is 3.46. The van der Waals surface area contributed by atoms with Crippen LogP contribution in [0.4, 0.5) is 0 Å². The molecule has 0 aromatic heterocycles. The lowest BCUT2D eigenvalue weighted by Crippen LogP contribution is -2.48. The summed E-state index contributed by atoms with van der Waals surface area (Å²) < 4.78 is 0. The summed E-state index contributed by atoms with van der Waals surface area (Å²) in [5, 5.41) is 8.01. The van der Waals surface area contributed by atoms with Crippen LogP contribution in [0.5, 0.6) is 0 Å². The summed E-state index contributed by atoms with van der Waals surface area (Å²) in [4.78, 5) is 0. The molecule has 1 unspecified atom stereocenters. The molecule has 0 bridgehead atoms. The van der Waals surface area contributed by atoms with E-state index >= 15 is 0 Å². The average molecular weight is 245 g/mol. The van der Waals surface area contributed by atoms with Gasteiger partial charge < -0.3 is 10.6 Å². The molecule has 0 spiro atoms. The van der Waals surface area contributed by atoms with Gasteiger partial charge >= 0.3 is 0 Å². The Bertz CT molecular complexity index is 350. The summed E-state index contributed by atoms with van der Waals surface area (Å²) in [6.45, 7) is 2.09. The van der Waals surface area contributed by atoms with Crippen molar-refractivity contribution in [3.63, 3.8) is 0 Å². The Morgan fingerprint density at radius 3 is 2.60 bits per heavy atom. The van der Waals surface area contributed by atoms with Crippen LogP contribution < -0.4 is 10.6 Å². The van der Waals surface area contributed by atoms with Crippen molar-refractivity contribution < 1.29 is 0 Å². The van der Waals surface area contributed by atoms with E-state index in [4.69, 9.17) is 23.2 Å². The first-order valence-electron chi connectivity index (χ1n) is 5.05. The lowest BCUT2D eigenvalue weighted by Gasteiger charge is -2.35. The first-order valence-corrected chi connectivity index (χ1v) is 5.81. The van der Waals surface area contributed by atoms with E-state index in [9.17, 15) is 0 Å². The van der Waals surface area contributed by atoms with Crippen molar-refractivity contribution in [2.45, 2.75) is 6.04 Å². The zero-order valence-corrected chi connectivity index (χ0v) is 10.1. The molecule has 15 heavy (non-hydrogen) atoms. The van der Waals surface area contributed by atoms with Crippen molar-refractivity contribution in [1.82, 2.24) is 10.6 Å². The second-order valence-corrected chi connectivity index (χ2v) is 4.69. The molecular formula is C11H14Cl2N2. The van der Waals surface area contributed by atoms with Gasteiger partial charge in [0.15, 0.2) is 0 Å². The van der Waals surface area contributed by atoms with Crippen LogP contribution in [0.25, 0.3) is 0 Å². The van der Waals surface area contributed by atoms with Crippen molar-refractivity contribution in [3.05, 3.63) is 33.8 Å². The topological polar surface area (TPSA) is 24.1 Å². The Morgan fingerprint density at radius 2 is 2.13 bits per heavy atom. The Kier molecular flexibility index (Phi) is 3.52. The molecule has 0 radical (unpaired) electrons.